The third kappa shape index (κ3) is 4.50. The lowest BCUT2D eigenvalue weighted by molar-refractivity contribution is 0.220. The number of imidazole rings is 1. The topological polar surface area (TPSA) is 36.9 Å². The standard InChI is InChI=1S/C20H28N4O/c1-16-9-10-18(25-16)14-23(12-7-11-22(3)4)15-19-20-8-5-6-13-24(20)17(2)21-19/h5-6,8-10,13H,7,11-12,14-15H2,1-4H3. The van der Waals surface area contributed by atoms with E-state index >= 15 is 0 Å². The molecule has 0 unspecified atom stereocenters. The first kappa shape index (κ1) is 17.7. The predicted molar refractivity (Wildman–Crippen MR) is 101 cm³/mol. The highest BCUT2D eigenvalue weighted by atomic mass is 16.3. The van der Waals surface area contributed by atoms with Crippen molar-refractivity contribution in [2.24, 2.45) is 0 Å². The monoisotopic (exact) mass is 340 g/mol. The molecule has 0 saturated heterocycles. The van der Waals surface area contributed by atoms with Crippen molar-refractivity contribution in [1.29, 1.82) is 0 Å². The van der Waals surface area contributed by atoms with Gasteiger partial charge in [0.05, 0.1) is 17.8 Å². The average molecular weight is 340 g/mol. The molecule has 5 nitrogen and oxygen atoms in total. The summed E-state index contributed by atoms with van der Waals surface area (Å²) in [5, 5.41) is 0. The van der Waals surface area contributed by atoms with Crippen LogP contribution in [0.25, 0.3) is 5.52 Å². The zero-order valence-electron chi connectivity index (χ0n) is 15.7. The number of hydrogen-bond donors (Lipinski definition) is 0. The van der Waals surface area contributed by atoms with E-state index in [0.717, 1.165) is 55.6 Å². The van der Waals surface area contributed by atoms with Gasteiger partial charge >= 0.3 is 0 Å². The van der Waals surface area contributed by atoms with Gasteiger partial charge in [-0.15, -0.1) is 0 Å². The van der Waals surface area contributed by atoms with E-state index in [1.54, 1.807) is 0 Å². The molecule has 3 aromatic heterocycles. The molecule has 3 aromatic rings. The van der Waals surface area contributed by atoms with Crippen LogP contribution in [0.3, 0.4) is 0 Å². The minimum absolute atomic E-state index is 0.812. The van der Waals surface area contributed by atoms with Crippen molar-refractivity contribution in [3.05, 3.63) is 59.6 Å². The quantitative estimate of drug-likeness (QED) is 0.629. The van der Waals surface area contributed by atoms with Crippen molar-refractivity contribution >= 4 is 5.52 Å². The zero-order valence-corrected chi connectivity index (χ0v) is 15.7. The Morgan fingerprint density at radius 1 is 1.04 bits per heavy atom. The van der Waals surface area contributed by atoms with Crippen LogP contribution in [0.5, 0.6) is 0 Å². The fourth-order valence-corrected chi connectivity index (χ4v) is 3.21. The van der Waals surface area contributed by atoms with E-state index in [1.807, 2.05) is 19.1 Å². The van der Waals surface area contributed by atoms with Crippen LogP contribution >= 0.6 is 0 Å². The minimum Gasteiger partial charge on any atom is -0.465 e. The van der Waals surface area contributed by atoms with Crippen molar-refractivity contribution in [1.82, 2.24) is 19.2 Å². The van der Waals surface area contributed by atoms with Crippen molar-refractivity contribution in [3.8, 4) is 0 Å². The van der Waals surface area contributed by atoms with Crippen LogP contribution < -0.4 is 0 Å². The van der Waals surface area contributed by atoms with Gasteiger partial charge < -0.3 is 13.7 Å². The molecule has 0 aliphatic carbocycles. The SMILES string of the molecule is Cc1ccc(CN(CCCN(C)C)Cc2nc(C)n3ccccc23)o1. The van der Waals surface area contributed by atoms with E-state index in [2.05, 4.69) is 59.6 Å². The number of aryl methyl sites for hydroxylation is 2. The van der Waals surface area contributed by atoms with E-state index in [1.165, 1.54) is 5.52 Å². The molecule has 0 spiro atoms. The largest absolute Gasteiger partial charge is 0.465 e. The summed E-state index contributed by atoms with van der Waals surface area (Å²) in [6, 6.07) is 10.4. The lowest BCUT2D eigenvalue weighted by Gasteiger charge is -2.21. The molecule has 0 aliphatic heterocycles. The molecule has 0 atom stereocenters. The first-order valence-corrected chi connectivity index (χ1v) is 8.88. The lowest BCUT2D eigenvalue weighted by Crippen LogP contribution is -2.27. The molecule has 134 valence electrons. The lowest BCUT2D eigenvalue weighted by atomic mass is 10.2. The molecular formula is C20H28N4O. The van der Waals surface area contributed by atoms with Crippen molar-refractivity contribution in [2.45, 2.75) is 33.4 Å². The molecule has 0 fully saturated rings. The molecule has 0 amide bonds. The highest BCUT2D eigenvalue weighted by Crippen LogP contribution is 2.17. The van der Waals surface area contributed by atoms with Crippen molar-refractivity contribution < 1.29 is 4.42 Å². The van der Waals surface area contributed by atoms with Gasteiger partial charge in [0.15, 0.2) is 0 Å². The first-order chi connectivity index (χ1) is 12.0. The van der Waals surface area contributed by atoms with Gasteiger partial charge in [-0.3, -0.25) is 4.90 Å². The molecule has 3 heterocycles. The predicted octanol–water partition coefficient (Wildman–Crippen LogP) is 3.50. The van der Waals surface area contributed by atoms with Gasteiger partial charge in [0, 0.05) is 19.3 Å². The third-order valence-electron chi connectivity index (χ3n) is 4.43. The Kier molecular flexibility index (Phi) is 5.56. The fraction of sp³-hybridized carbons (Fsp3) is 0.450. The van der Waals surface area contributed by atoms with Gasteiger partial charge in [-0.1, -0.05) is 6.07 Å². The van der Waals surface area contributed by atoms with Gasteiger partial charge in [0.2, 0.25) is 0 Å². The summed E-state index contributed by atoms with van der Waals surface area (Å²) in [5.74, 6) is 3.02. The van der Waals surface area contributed by atoms with E-state index in [-0.39, 0.29) is 0 Å². The van der Waals surface area contributed by atoms with Gasteiger partial charge in [-0.25, -0.2) is 4.98 Å². The van der Waals surface area contributed by atoms with Crippen molar-refractivity contribution in [3.63, 3.8) is 0 Å². The molecule has 3 rings (SSSR count). The normalized spacial score (nSPS) is 11.9. The smallest absolute Gasteiger partial charge is 0.118 e. The number of rotatable bonds is 8. The highest BCUT2D eigenvalue weighted by Gasteiger charge is 2.14. The van der Waals surface area contributed by atoms with Crippen LogP contribution in [0.2, 0.25) is 0 Å². The summed E-state index contributed by atoms with van der Waals surface area (Å²) in [4.78, 5) is 9.45. The fourth-order valence-electron chi connectivity index (χ4n) is 3.21. The van der Waals surface area contributed by atoms with Gasteiger partial charge in [-0.2, -0.15) is 0 Å². The highest BCUT2D eigenvalue weighted by molar-refractivity contribution is 5.53. The van der Waals surface area contributed by atoms with Gasteiger partial charge in [0.1, 0.15) is 17.3 Å². The summed E-state index contributed by atoms with van der Waals surface area (Å²) < 4.78 is 7.95. The number of nitrogens with zero attached hydrogens (tertiary/aromatic N) is 4. The average Bonchev–Trinajstić information content (AvgIpc) is 3.11. The Hall–Kier alpha value is -2.11. The molecule has 0 radical (unpaired) electrons. The second kappa shape index (κ2) is 7.85. The maximum Gasteiger partial charge on any atom is 0.118 e. The maximum atomic E-state index is 5.79. The second-order valence-corrected chi connectivity index (χ2v) is 6.94. The second-order valence-electron chi connectivity index (χ2n) is 6.94. The molecular weight excluding hydrogens is 312 g/mol. The maximum absolute atomic E-state index is 5.79. The number of pyridine rings is 1. The Bertz CT molecular complexity index is 818. The molecule has 0 bridgehead atoms. The van der Waals surface area contributed by atoms with E-state index in [4.69, 9.17) is 9.40 Å². The summed E-state index contributed by atoms with van der Waals surface area (Å²) in [6.07, 6.45) is 3.20. The number of furan rings is 1. The van der Waals surface area contributed by atoms with Crippen LogP contribution in [0, 0.1) is 13.8 Å². The molecule has 0 N–H and O–H groups in total. The van der Waals surface area contributed by atoms with Gasteiger partial charge in [-0.05, 0) is 65.2 Å². The Morgan fingerprint density at radius 3 is 2.60 bits per heavy atom. The molecule has 0 aliphatic rings. The number of hydrogen-bond acceptors (Lipinski definition) is 4. The molecule has 25 heavy (non-hydrogen) atoms. The number of aromatic nitrogens is 2. The Balaban J connectivity index is 1.77. The summed E-state index contributed by atoms with van der Waals surface area (Å²) in [6.45, 7) is 7.79. The van der Waals surface area contributed by atoms with Crippen LogP contribution in [-0.2, 0) is 13.1 Å². The summed E-state index contributed by atoms with van der Waals surface area (Å²) in [5.41, 5.74) is 2.32. The number of fused-ring (bicyclic) bond motifs is 1. The van der Waals surface area contributed by atoms with E-state index < -0.39 is 0 Å². The minimum atomic E-state index is 0.812. The molecule has 5 heteroatoms. The van der Waals surface area contributed by atoms with E-state index in [9.17, 15) is 0 Å². The summed E-state index contributed by atoms with van der Waals surface area (Å²) in [7, 11) is 4.24. The third-order valence-corrected chi connectivity index (χ3v) is 4.43. The van der Waals surface area contributed by atoms with Crippen LogP contribution in [0.1, 0.15) is 29.5 Å². The molecule has 0 saturated carbocycles. The Labute approximate surface area is 149 Å². The molecule has 0 aromatic carbocycles. The van der Waals surface area contributed by atoms with E-state index in [0.29, 0.717) is 0 Å². The van der Waals surface area contributed by atoms with Crippen LogP contribution in [0.15, 0.2) is 40.9 Å². The Morgan fingerprint density at radius 2 is 1.88 bits per heavy atom. The zero-order chi connectivity index (χ0) is 17.8. The van der Waals surface area contributed by atoms with Gasteiger partial charge in [0.25, 0.3) is 0 Å². The van der Waals surface area contributed by atoms with Crippen LogP contribution in [0.4, 0.5) is 0 Å². The first-order valence-electron chi connectivity index (χ1n) is 8.88. The van der Waals surface area contributed by atoms with Crippen molar-refractivity contribution in [2.75, 3.05) is 27.2 Å². The van der Waals surface area contributed by atoms with Crippen LogP contribution in [-0.4, -0.2) is 46.4 Å². The summed E-state index contributed by atoms with van der Waals surface area (Å²) >= 11 is 0.